The predicted octanol–water partition coefficient (Wildman–Crippen LogP) is 2.35. The van der Waals surface area contributed by atoms with Gasteiger partial charge in [0.15, 0.2) is 5.96 Å². The molecule has 7 heteroatoms. The number of guanidine groups is 1. The first-order valence-corrected chi connectivity index (χ1v) is 8.61. The van der Waals surface area contributed by atoms with E-state index in [-0.39, 0.29) is 30.1 Å². The minimum atomic E-state index is 0. The van der Waals surface area contributed by atoms with Crippen LogP contribution in [-0.2, 0) is 9.47 Å². The molecule has 0 spiro atoms. The predicted molar refractivity (Wildman–Crippen MR) is 111 cm³/mol. The molecule has 25 heavy (non-hydrogen) atoms. The molecular formula is C18H30IN3O3. The molecule has 1 fully saturated rings. The third-order valence-electron chi connectivity index (χ3n) is 3.73. The van der Waals surface area contributed by atoms with Crippen molar-refractivity contribution in [1.29, 1.82) is 0 Å². The summed E-state index contributed by atoms with van der Waals surface area (Å²) in [6.45, 7) is 6.47. The van der Waals surface area contributed by atoms with Gasteiger partial charge in [-0.1, -0.05) is 12.1 Å². The molecule has 142 valence electrons. The van der Waals surface area contributed by atoms with Gasteiger partial charge in [-0.15, -0.1) is 24.0 Å². The van der Waals surface area contributed by atoms with Gasteiger partial charge in [0.2, 0.25) is 0 Å². The van der Waals surface area contributed by atoms with Crippen molar-refractivity contribution < 1.29 is 14.2 Å². The normalized spacial score (nSPS) is 17.0. The van der Waals surface area contributed by atoms with E-state index >= 15 is 0 Å². The third kappa shape index (κ3) is 9.27. The Morgan fingerprint density at radius 3 is 2.84 bits per heavy atom. The second-order valence-corrected chi connectivity index (χ2v) is 5.80. The Hall–Kier alpha value is -1.06. The van der Waals surface area contributed by atoms with Gasteiger partial charge in [-0.3, -0.25) is 4.99 Å². The number of nitrogens with zero attached hydrogens (tertiary/aromatic N) is 1. The molecule has 2 N–H and O–H groups in total. The summed E-state index contributed by atoms with van der Waals surface area (Å²) in [7, 11) is 1.77. The number of rotatable bonds is 9. The van der Waals surface area contributed by atoms with E-state index in [2.05, 4.69) is 28.6 Å². The lowest BCUT2D eigenvalue weighted by atomic mass is 10.2. The number of ether oxygens (including phenoxy) is 3. The fraction of sp³-hybridized carbons (Fsp3) is 0.611. The van der Waals surface area contributed by atoms with Crippen molar-refractivity contribution in [2.75, 3.05) is 46.6 Å². The van der Waals surface area contributed by atoms with Crippen molar-refractivity contribution in [1.82, 2.24) is 10.6 Å². The Morgan fingerprint density at radius 1 is 1.28 bits per heavy atom. The van der Waals surface area contributed by atoms with E-state index < -0.39 is 0 Å². The van der Waals surface area contributed by atoms with Crippen LogP contribution in [0.5, 0.6) is 5.75 Å². The SMILES string of the molecule is CN=C(NCCCOC1CCOC1)NCCOc1cccc(C)c1.I. The zero-order valence-electron chi connectivity index (χ0n) is 15.1. The molecule has 0 radical (unpaired) electrons. The highest BCUT2D eigenvalue weighted by Crippen LogP contribution is 2.11. The van der Waals surface area contributed by atoms with E-state index in [9.17, 15) is 0 Å². The Kier molecular flexibility index (Phi) is 11.6. The minimum Gasteiger partial charge on any atom is -0.492 e. The molecule has 1 heterocycles. The zero-order valence-corrected chi connectivity index (χ0v) is 17.5. The van der Waals surface area contributed by atoms with Gasteiger partial charge in [-0.05, 0) is 37.5 Å². The summed E-state index contributed by atoms with van der Waals surface area (Å²) in [5, 5.41) is 6.51. The van der Waals surface area contributed by atoms with Crippen LogP contribution < -0.4 is 15.4 Å². The molecule has 0 bridgehead atoms. The number of benzene rings is 1. The number of hydrogen-bond acceptors (Lipinski definition) is 4. The Morgan fingerprint density at radius 2 is 2.12 bits per heavy atom. The molecule has 1 atom stereocenters. The van der Waals surface area contributed by atoms with E-state index in [0.29, 0.717) is 13.2 Å². The summed E-state index contributed by atoms with van der Waals surface area (Å²) in [5.41, 5.74) is 1.20. The number of aliphatic imine (C=N–C) groups is 1. The highest BCUT2D eigenvalue weighted by Gasteiger charge is 2.15. The van der Waals surface area contributed by atoms with Crippen molar-refractivity contribution >= 4 is 29.9 Å². The summed E-state index contributed by atoms with van der Waals surface area (Å²) >= 11 is 0. The smallest absolute Gasteiger partial charge is 0.191 e. The van der Waals surface area contributed by atoms with Crippen LogP contribution in [0.2, 0.25) is 0 Å². The lowest BCUT2D eigenvalue weighted by Crippen LogP contribution is -2.40. The van der Waals surface area contributed by atoms with Gasteiger partial charge >= 0.3 is 0 Å². The van der Waals surface area contributed by atoms with Crippen LogP contribution >= 0.6 is 24.0 Å². The van der Waals surface area contributed by atoms with Gasteiger partial charge in [-0.2, -0.15) is 0 Å². The molecule has 1 aliphatic rings. The van der Waals surface area contributed by atoms with Gasteiger partial charge < -0.3 is 24.8 Å². The van der Waals surface area contributed by atoms with E-state index in [4.69, 9.17) is 14.2 Å². The van der Waals surface area contributed by atoms with Crippen LogP contribution in [0.25, 0.3) is 0 Å². The molecule has 1 aromatic rings. The lowest BCUT2D eigenvalue weighted by Gasteiger charge is -2.13. The average molecular weight is 463 g/mol. The molecule has 1 saturated heterocycles. The fourth-order valence-electron chi connectivity index (χ4n) is 2.44. The van der Waals surface area contributed by atoms with Crippen molar-refractivity contribution in [3.8, 4) is 5.75 Å². The molecule has 2 rings (SSSR count). The van der Waals surface area contributed by atoms with E-state index in [1.807, 2.05) is 18.2 Å². The minimum absolute atomic E-state index is 0. The zero-order chi connectivity index (χ0) is 17.0. The van der Waals surface area contributed by atoms with Crippen molar-refractivity contribution in [2.24, 2.45) is 4.99 Å². The third-order valence-corrected chi connectivity index (χ3v) is 3.73. The molecule has 6 nitrogen and oxygen atoms in total. The Labute approximate surface area is 167 Å². The van der Waals surface area contributed by atoms with Crippen LogP contribution in [0.4, 0.5) is 0 Å². The van der Waals surface area contributed by atoms with Gasteiger partial charge in [0.05, 0.1) is 19.3 Å². The van der Waals surface area contributed by atoms with E-state index in [0.717, 1.165) is 50.9 Å². The molecule has 0 aliphatic carbocycles. The Bertz CT molecular complexity index is 508. The van der Waals surface area contributed by atoms with Gasteiger partial charge in [-0.25, -0.2) is 0 Å². The molecule has 0 amide bonds. The van der Waals surface area contributed by atoms with Crippen LogP contribution in [-0.4, -0.2) is 58.6 Å². The quantitative estimate of drug-likeness (QED) is 0.255. The second-order valence-electron chi connectivity index (χ2n) is 5.80. The van der Waals surface area contributed by atoms with Gasteiger partial charge in [0, 0.05) is 26.8 Å². The van der Waals surface area contributed by atoms with Crippen LogP contribution in [0.15, 0.2) is 29.3 Å². The number of nitrogens with one attached hydrogen (secondary N) is 2. The highest BCUT2D eigenvalue weighted by atomic mass is 127. The highest BCUT2D eigenvalue weighted by molar-refractivity contribution is 14.0. The molecule has 0 saturated carbocycles. The molecule has 1 aliphatic heterocycles. The maximum Gasteiger partial charge on any atom is 0.191 e. The van der Waals surface area contributed by atoms with E-state index in [1.165, 1.54) is 5.56 Å². The Balaban J connectivity index is 0.00000312. The monoisotopic (exact) mass is 463 g/mol. The number of hydrogen-bond donors (Lipinski definition) is 2. The number of halogens is 1. The molecular weight excluding hydrogens is 433 g/mol. The maximum absolute atomic E-state index is 5.73. The fourth-order valence-corrected chi connectivity index (χ4v) is 2.44. The van der Waals surface area contributed by atoms with Crippen molar-refractivity contribution in [3.05, 3.63) is 29.8 Å². The number of aryl methyl sites for hydroxylation is 1. The van der Waals surface area contributed by atoms with Crippen LogP contribution in [0.1, 0.15) is 18.4 Å². The molecule has 0 aromatic heterocycles. The van der Waals surface area contributed by atoms with Crippen LogP contribution in [0, 0.1) is 6.92 Å². The summed E-state index contributed by atoms with van der Waals surface area (Å²) in [6, 6.07) is 8.05. The van der Waals surface area contributed by atoms with Gasteiger partial charge in [0.1, 0.15) is 12.4 Å². The summed E-state index contributed by atoms with van der Waals surface area (Å²) in [6.07, 6.45) is 2.23. The molecule has 1 unspecified atom stereocenters. The van der Waals surface area contributed by atoms with Crippen LogP contribution in [0.3, 0.4) is 0 Å². The summed E-state index contributed by atoms with van der Waals surface area (Å²) in [5.74, 6) is 1.68. The first-order valence-electron chi connectivity index (χ1n) is 8.61. The standard InChI is InChI=1S/C18H29N3O3.HI/c1-15-5-3-6-16(13-15)24-12-9-21-18(19-2)20-8-4-10-23-17-7-11-22-14-17;/h3,5-6,13,17H,4,7-12,14H2,1-2H3,(H2,19,20,21);1H. The second kappa shape index (κ2) is 13.2. The van der Waals surface area contributed by atoms with Crippen molar-refractivity contribution in [3.63, 3.8) is 0 Å². The summed E-state index contributed by atoms with van der Waals surface area (Å²) < 4.78 is 16.7. The van der Waals surface area contributed by atoms with Gasteiger partial charge in [0.25, 0.3) is 0 Å². The first-order chi connectivity index (χ1) is 11.8. The largest absolute Gasteiger partial charge is 0.492 e. The lowest BCUT2D eigenvalue weighted by molar-refractivity contribution is 0.0420. The average Bonchev–Trinajstić information content (AvgIpc) is 3.10. The maximum atomic E-state index is 5.73. The molecule has 1 aromatic carbocycles. The summed E-state index contributed by atoms with van der Waals surface area (Å²) in [4.78, 5) is 4.20. The first kappa shape index (κ1) is 22.0. The topological polar surface area (TPSA) is 64.1 Å². The van der Waals surface area contributed by atoms with Crippen molar-refractivity contribution in [2.45, 2.75) is 25.9 Å². The van der Waals surface area contributed by atoms with E-state index in [1.54, 1.807) is 7.05 Å².